The van der Waals surface area contributed by atoms with Crippen molar-refractivity contribution in [3.05, 3.63) is 22.2 Å². The summed E-state index contributed by atoms with van der Waals surface area (Å²) < 4.78 is 4.85. The van der Waals surface area contributed by atoms with Crippen LogP contribution in [0.4, 0.5) is 0 Å². The number of aromatic hydroxyl groups is 1. The lowest BCUT2D eigenvalue weighted by atomic mass is 10.3. The lowest BCUT2D eigenvalue weighted by molar-refractivity contribution is 0.412. The van der Waals surface area contributed by atoms with E-state index in [1.807, 2.05) is 0 Å². The molecule has 0 fully saturated rings. The quantitative estimate of drug-likeness (QED) is 0.742. The van der Waals surface area contributed by atoms with E-state index in [-0.39, 0.29) is 15.8 Å². The molecule has 60 valence electrons. The zero-order valence-corrected chi connectivity index (χ0v) is 7.28. The zero-order chi connectivity index (χ0) is 8.43. The van der Waals surface area contributed by atoms with Crippen LogP contribution in [-0.2, 0) is 0 Å². The number of rotatable bonds is 1. The monoisotopic (exact) mass is 192 g/mol. The number of halogens is 2. The van der Waals surface area contributed by atoms with Crippen LogP contribution in [0, 0.1) is 0 Å². The van der Waals surface area contributed by atoms with Gasteiger partial charge in [0, 0.05) is 0 Å². The molecule has 0 aliphatic rings. The van der Waals surface area contributed by atoms with Crippen LogP contribution in [0.5, 0.6) is 11.5 Å². The van der Waals surface area contributed by atoms with Gasteiger partial charge in [-0.3, -0.25) is 0 Å². The van der Waals surface area contributed by atoms with E-state index in [1.54, 1.807) is 6.07 Å². The third kappa shape index (κ3) is 1.52. The van der Waals surface area contributed by atoms with Crippen molar-refractivity contribution in [3.8, 4) is 11.5 Å². The summed E-state index contributed by atoms with van der Waals surface area (Å²) in [7, 11) is 1.48. The minimum Gasteiger partial charge on any atom is -0.506 e. The van der Waals surface area contributed by atoms with Crippen molar-refractivity contribution < 1.29 is 9.84 Å². The first-order valence-electron chi connectivity index (χ1n) is 2.87. The first kappa shape index (κ1) is 8.50. The van der Waals surface area contributed by atoms with E-state index in [1.165, 1.54) is 13.2 Å². The molecule has 0 unspecified atom stereocenters. The lowest BCUT2D eigenvalue weighted by Crippen LogP contribution is -1.83. The van der Waals surface area contributed by atoms with Crippen molar-refractivity contribution in [3.63, 3.8) is 0 Å². The summed E-state index contributed by atoms with van der Waals surface area (Å²) in [5.41, 5.74) is 0. The fourth-order valence-electron chi connectivity index (χ4n) is 0.679. The average molecular weight is 193 g/mol. The van der Waals surface area contributed by atoms with Crippen molar-refractivity contribution >= 4 is 23.2 Å². The van der Waals surface area contributed by atoms with Gasteiger partial charge in [0.1, 0.15) is 21.5 Å². The zero-order valence-electron chi connectivity index (χ0n) is 5.77. The number of phenolic OH excluding ortho intramolecular Hbond substituents is 1. The smallest absolute Gasteiger partial charge is 0.139 e. The van der Waals surface area contributed by atoms with E-state index in [2.05, 4.69) is 0 Å². The lowest BCUT2D eigenvalue weighted by Gasteiger charge is -2.04. The van der Waals surface area contributed by atoms with Gasteiger partial charge in [-0.05, 0) is 12.1 Å². The Morgan fingerprint density at radius 3 is 2.45 bits per heavy atom. The third-order valence-electron chi connectivity index (χ3n) is 1.25. The molecular weight excluding hydrogens is 187 g/mol. The highest BCUT2D eigenvalue weighted by atomic mass is 35.5. The molecule has 0 heterocycles. The predicted octanol–water partition coefficient (Wildman–Crippen LogP) is 2.71. The Morgan fingerprint density at radius 2 is 1.91 bits per heavy atom. The summed E-state index contributed by atoms with van der Waals surface area (Å²) in [6.07, 6.45) is 0. The summed E-state index contributed by atoms with van der Waals surface area (Å²) in [5, 5.41) is 9.40. The molecule has 0 radical (unpaired) electrons. The fraction of sp³-hybridized carbons (Fsp3) is 0.143. The topological polar surface area (TPSA) is 29.5 Å². The standard InChI is InChI=1S/C7H6Cl2O2/c1-11-5-3-2-4(10)6(8)7(5)9/h2-3,10H,1H3. The van der Waals surface area contributed by atoms with Crippen molar-refractivity contribution in [2.24, 2.45) is 0 Å². The highest BCUT2D eigenvalue weighted by Crippen LogP contribution is 2.37. The molecule has 0 spiro atoms. The molecule has 0 atom stereocenters. The van der Waals surface area contributed by atoms with Crippen LogP contribution in [-0.4, -0.2) is 12.2 Å². The van der Waals surface area contributed by atoms with Crippen molar-refractivity contribution in [1.82, 2.24) is 0 Å². The van der Waals surface area contributed by atoms with Gasteiger partial charge in [0.25, 0.3) is 0 Å². The summed E-state index contributed by atoms with van der Waals surface area (Å²) in [6, 6.07) is 2.97. The molecule has 1 rings (SSSR count). The van der Waals surface area contributed by atoms with Crippen LogP contribution >= 0.6 is 23.2 Å². The SMILES string of the molecule is COc1ccc(O)c(Cl)c1Cl. The Balaban J connectivity index is 3.25. The summed E-state index contributed by atoms with van der Waals surface area (Å²) in [4.78, 5) is 0. The fourth-order valence-corrected chi connectivity index (χ4v) is 1.07. The van der Waals surface area contributed by atoms with Crippen LogP contribution in [0.1, 0.15) is 0 Å². The van der Waals surface area contributed by atoms with Gasteiger partial charge in [0.2, 0.25) is 0 Å². The largest absolute Gasteiger partial charge is 0.506 e. The second-order valence-electron chi connectivity index (χ2n) is 1.91. The first-order valence-corrected chi connectivity index (χ1v) is 3.63. The molecule has 11 heavy (non-hydrogen) atoms. The number of phenols is 1. The maximum absolute atomic E-state index is 9.05. The number of ether oxygens (including phenoxy) is 1. The Hall–Kier alpha value is -0.600. The van der Waals surface area contributed by atoms with Gasteiger partial charge in [-0.2, -0.15) is 0 Å². The van der Waals surface area contributed by atoms with Crippen molar-refractivity contribution in [2.45, 2.75) is 0 Å². The molecule has 0 saturated heterocycles. The number of benzene rings is 1. The molecule has 1 aromatic rings. The maximum atomic E-state index is 9.05. The molecular formula is C7H6Cl2O2. The Bertz CT molecular complexity index is 273. The number of hydrogen-bond acceptors (Lipinski definition) is 2. The molecule has 0 aliphatic carbocycles. The van der Waals surface area contributed by atoms with Crippen LogP contribution < -0.4 is 4.74 Å². The highest BCUT2D eigenvalue weighted by molar-refractivity contribution is 6.43. The van der Waals surface area contributed by atoms with E-state index >= 15 is 0 Å². The Morgan fingerprint density at radius 1 is 1.27 bits per heavy atom. The Kier molecular flexibility index (Phi) is 2.47. The Labute approximate surface area is 74.3 Å². The molecule has 1 aromatic carbocycles. The first-order chi connectivity index (χ1) is 5.16. The van der Waals surface area contributed by atoms with E-state index in [0.29, 0.717) is 5.75 Å². The van der Waals surface area contributed by atoms with Gasteiger partial charge in [0.05, 0.1) is 7.11 Å². The summed E-state index contributed by atoms with van der Waals surface area (Å²) in [5.74, 6) is 0.409. The molecule has 2 nitrogen and oxygen atoms in total. The van der Waals surface area contributed by atoms with Gasteiger partial charge in [-0.15, -0.1) is 0 Å². The maximum Gasteiger partial charge on any atom is 0.139 e. The van der Waals surface area contributed by atoms with Gasteiger partial charge in [-0.25, -0.2) is 0 Å². The minimum atomic E-state index is -0.0440. The second-order valence-corrected chi connectivity index (χ2v) is 2.67. The second kappa shape index (κ2) is 3.20. The van der Waals surface area contributed by atoms with Crippen molar-refractivity contribution in [1.29, 1.82) is 0 Å². The summed E-state index contributed by atoms with van der Waals surface area (Å²) in [6.45, 7) is 0. The number of methoxy groups -OCH3 is 1. The molecule has 0 saturated carbocycles. The molecule has 0 amide bonds. The molecule has 0 aliphatic heterocycles. The van der Waals surface area contributed by atoms with Crippen molar-refractivity contribution in [2.75, 3.05) is 7.11 Å². The molecule has 1 N–H and O–H groups in total. The van der Waals surface area contributed by atoms with Gasteiger partial charge >= 0.3 is 0 Å². The highest BCUT2D eigenvalue weighted by Gasteiger charge is 2.08. The van der Waals surface area contributed by atoms with E-state index < -0.39 is 0 Å². The van der Waals surface area contributed by atoms with Crippen LogP contribution in [0.15, 0.2) is 12.1 Å². The average Bonchev–Trinajstić information content (AvgIpc) is 2.01. The van der Waals surface area contributed by atoms with Gasteiger partial charge in [-0.1, -0.05) is 23.2 Å². The third-order valence-corrected chi connectivity index (χ3v) is 2.10. The van der Waals surface area contributed by atoms with E-state index in [0.717, 1.165) is 0 Å². The summed E-state index contributed by atoms with van der Waals surface area (Å²) >= 11 is 11.3. The van der Waals surface area contributed by atoms with E-state index in [9.17, 15) is 0 Å². The van der Waals surface area contributed by atoms with E-state index in [4.69, 9.17) is 33.0 Å². The minimum absolute atomic E-state index is 0.0440. The van der Waals surface area contributed by atoms with Gasteiger partial charge in [0.15, 0.2) is 0 Å². The van der Waals surface area contributed by atoms with Crippen LogP contribution in [0.3, 0.4) is 0 Å². The normalized spacial score (nSPS) is 9.73. The van der Waals surface area contributed by atoms with Crippen LogP contribution in [0.2, 0.25) is 10.0 Å². The molecule has 0 aromatic heterocycles. The predicted molar refractivity (Wildman–Crippen MR) is 44.7 cm³/mol. The number of hydrogen-bond donors (Lipinski definition) is 1. The molecule has 4 heteroatoms. The molecule has 0 bridgehead atoms. The van der Waals surface area contributed by atoms with Gasteiger partial charge < -0.3 is 9.84 Å². The van der Waals surface area contributed by atoms with Crippen LogP contribution in [0.25, 0.3) is 0 Å².